The van der Waals surface area contributed by atoms with Crippen molar-refractivity contribution in [1.82, 2.24) is 3.89 Å². The molecule has 1 aromatic carbocycles. The number of benzene rings is 1. The van der Waals surface area contributed by atoms with E-state index >= 15 is 0 Å². The third-order valence-electron chi connectivity index (χ3n) is 5.02. The third kappa shape index (κ3) is 4.42. The van der Waals surface area contributed by atoms with E-state index in [4.69, 9.17) is 10.5 Å². The van der Waals surface area contributed by atoms with E-state index in [0.717, 1.165) is 25.7 Å². The summed E-state index contributed by atoms with van der Waals surface area (Å²) in [5.74, 6) is -1.46. The van der Waals surface area contributed by atoms with Crippen LogP contribution >= 0.6 is 0 Å². The standard InChI is InChI=1S/C19H24F3N2O3S/c20-19(21,22)14-28(25,26)24(10-4-5-15(12-23)13-24)16-6-3-9-18(11-16)27-17-7-1-2-8-17/h3-6,9,11,13,17H,1-2,7-8,10,12,14,23H2/q+1. The van der Waals surface area contributed by atoms with Crippen molar-refractivity contribution >= 4 is 15.7 Å². The van der Waals surface area contributed by atoms with Gasteiger partial charge in [-0.2, -0.15) is 25.5 Å². The van der Waals surface area contributed by atoms with Crippen LogP contribution in [0.1, 0.15) is 25.7 Å². The number of rotatable bonds is 6. The Bertz CT molecular complexity index is 875. The highest BCUT2D eigenvalue weighted by Gasteiger charge is 2.50. The summed E-state index contributed by atoms with van der Waals surface area (Å²) in [6, 6.07) is 6.34. The molecular weight excluding hydrogens is 393 g/mol. The van der Waals surface area contributed by atoms with E-state index in [1.807, 2.05) is 0 Å². The molecule has 1 fully saturated rings. The Morgan fingerprint density at radius 2 is 1.93 bits per heavy atom. The number of ether oxygens (including phenoxy) is 1. The Kier molecular flexibility index (Phi) is 5.88. The van der Waals surface area contributed by atoms with Gasteiger partial charge in [0.1, 0.15) is 18.5 Å². The van der Waals surface area contributed by atoms with E-state index in [0.29, 0.717) is 11.3 Å². The minimum absolute atomic E-state index is 0.0241. The van der Waals surface area contributed by atoms with Crippen LogP contribution in [-0.2, 0) is 10.0 Å². The molecule has 0 radical (unpaired) electrons. The number of nitrogens with two attached hydrogens (primary N) is 1. The first-order chi connectivity index (χ1) is 13.2. The number of hydrogen-bond donors (Lipinski definition) is 1. The van der Waals surface area contributed by atoms with Crippen molar-refractivity contribution in [3.8, 4) is 5.75 Å². The van der Waals surface area contributed by atoms with E-state index in [1.165, 1.54) is 18.3 Å². The molecule has 28 heavy (non-hydrogen) atoms. The van der Waals surface area contributed by atoms with Gasteiger partial charge >= 0.3 is 16.2 Å². The van der Waals surface area contributed by atoms with Gasteiger partial charge in [-0.25, -0.2) is 0 Å². The Labute approximate surface area is 162 Å². The number of hydrogen-bond acceptors (Lipinski definition) is 4. The van der Waals surface area contributed by atoms with Crippen LogP contribution in [0, 0.1) is 0 Å². The smallest absolute Gasteiger partial charge is 0.408 e. The maximum atomic E-state index is 13.0. The fourth-order valence-electron chi connectivity index (χ4n) is 3.69. The summed E-state index contributed by atoms with van der Waals surface area (Å²) >= 11 is 0. The number of nitrogens with zero attached hydrogens (tertiary/aromatic N) is 1. The summed E-state index contributed by atoms with van der Waals surface area (Å²) in [5, 5.41) is 0. The number of sulfonamides is 1. The lowest BCUT2D eigenvalue weighted by Crippen LogP contribution is -2.54. The van der Waals surface area contributed by atoms with Gasteiger partial charge in [0.05, 0.1) is 6.10 Å². The summed E-state index contributed by atoms with van der Waals surface area (Å²) in [7, 11) is -4.67. The normalized spacial score (nSPS) is 23.6. The van der Waals surface area contributed by atoms with Crippen LogP contribution in [0.5, 0.6) is 5.75 Å². The SMILES string of the molecule is NCC1=C[N+](c2cccc(OC3CCCC3)c2)(S(=O)(=O)CC(F)(F)F)CC=C1. The van der Waals surface area contributed by atoms with E-state index in [2.05, 4.69) is 0 Å². The summed E-state index contributed by atoms with van der Waals surface area (Å²) < 4.78 is 70.0. The van der Waals surface area contributed by atoms with Crippen LogP contribution in [0.2, 0.25) is 0 Å². The van der Waals surface area contributed by atoms with Crippen LogP contribution in [0.3, 0.4) is 0 Å². The van der Waals surface area contributed by atoms with E-state index in [-0.39, 0.29) is 24.9 Å². The minimum atomic E-state index is -4.85. The molecule has 1 unspecified atom stereocenters. The molecule has 5 nitrogen and oxygen atoms in total. The third-order valence-corrected chi connectivity index (χ3v) is 7.17. The lowest BCUT2D eigenvalue weighted by Gasteiger charge is -2.34. The Morgan fingerprint density at radius 1 is 1.21 bits per heavy atom. The highest BCUT2D eigenvalue weighted by atomic mass is 32.2. The molecule has 0 aromatic heterocycles. The number of halogens is 3. The molecule has 1 heterocycles. The summed E-state index contributed by atoms with van der Waals surface area (Å²) in [4.78, 5) is 0. The van der Waals surface area contributed by atoms with Gasteiger partial charge in [0.15, 0.2) is 11.4 Å². The van der Waals surface area contributed by atoms with Gasteiger partial charge in [-0.3, -0.25) is 0 Å². The van der Waals surface area contributed by atoms with Gasteiger partial charge in [0, 0.05) is 24.3 Å². The van der Waals surface area contributed by atoms with Crippen LogP contribution in [0.4, 0.5) is 18.9 Å². The van der Waals surface area contributed by atoms with Crippen molar-refractivity contribution in [3.05, 3.63) is 48.2 Å². The molecule has 9 heteroatoms. The average molecular weight is 417 g/mol. The number of quaternary nitrogens is 1. The predicted octanol–water partition coefficient (Wildman–Crippen LogP) is 3.62. The second-order valence-electron chi connectivity index (χ2n) is 7.15. The first-order valence-corrected chi connectivity index (χ1v) is 10.8. The Balaban J connectivity index is 2.05. The number of alkyl halides is 3. The second-order valence-corrected chi connectivity index (χ2v) is 9.26. The second kappa shape index (κ2) is 7.88. The van der Waals surface area contributed by atoms with Gasteiger partial charge in [0.25, 0.3) is 0 Å². The molecule has 154 valence electrons. The van der Waals surface area contributed by atoms with Crippen molar-refractivity contribution in [2.24, 2.45) is 5.73 Å². The molecule has 1 aliphatic heterocycles. The van der Waals surface area contributed by atoms with Gasteiger partial charge in [-0.15, -0.1) is 0 Å². The highest BCUT2D eigenvalue weighted by Crippen LogP contribution is 2.37. The van der Waals surface area contributed by atoms with Crippen LogP contribution in [0.15, 0.2) is 48.2 Å². The molecule has 0 saturated heterocycles. The van der Waals surface area contributed by atoms with Crippen LogP contribution in [0.25, 0.3) is 0 Å². The van der Waals surface area contributed by atoms with E-state index in [9.17, 15) is 21.6 Å². The topological polar surface area (TPSA) is 69.4 Å². The molecule has 3 rings (SSSR count). The summed E-state index contributed by atoms with van der Waals surface area (Å²) in [6.45, 7) is -0.120. The first kappa shape index (κ1) is 20.9. The van der Waals surface area contributed by atoms with Gasteiger partial charge in [-0.1, -0.05) is 12.1 Å². The Morgan fingerprint density at radius 3 is 2.57 bits per heavy atom. The quantitative estimate of drug-likeness (QED) is 0.718. The highest BCUT2D eigenvalue weighted by molar-refractivity contribution is 7.91. The first-order valence-electron chi connectivity index (χ1n) is 9.18. The average Bonchev–Trinajstić information content (AvgIpc) is 3.13. The molecule has 0 amide bonds. The fourth-order valence-corrected chi connectivity index (χ4v) is 5.38. The lowest BCUT2D eigenvalue weighted by molar-refractivity contribution is -0.106. The van der Waals surface area contributed by atoms with Crippen molar-refractivity contribution in [3.63, 3.8) is 0 Å². The molecule has 1 aliphatic carbocycles. The van der Waals surface area contributed by atoms with Gasteiger partial charge in [0.2, 0.25) is 0 Å². The summed E-state index contributed by atoms with van der Waals surface area (Å²) in [5.41, 5.74) is 6.30. The largest absolute Gasteiger partial charge is 0.490 e. The van der Waals surface area contributed by atoms with Crippen molar-refractivity contribution in [2.75, 3.05) is 18.8 Å². The van der Waals surface area contributed by atoms with Gasteiger partial charge in [-0.05, 0) is 37.8 Å². The zero-order chi connectivity index (χ0) is 20.4. The van der Waals surface area contributed by atoms with Crippen LogP contribution < -0.4 is 14.4 Å². The molecular formula is C19H24F3N2O3S+. The van der Waals surface area contributed by atoms with Crippen LogP contribution in [-0.4, -0.2) is 39.5 Å². The van der Waals surface area contributed by atoms with Gasteiger partial charge < -0.3 is 10.5 Å². The molecule has 1 saturated carbocycles. The molecule has 2 N–H and O–H groups in total. The van der Waals surface area contributed by atoms with Crippen molar-refractivity contribution in [2.45, 2.75) is 38.0 Å². The zero-order valence-electron chi connectivity index (χ0n) is 15.4. The van der Waals surface area contributed by atoms with Crippen molar-refractivity contribution < 1.29 is 26.3 Å². The Hall–Kier alpha value is -1.84. The lowest BCUT2D eigenvalue weighted by atomic mass is 10.2. The monoisotopic (exact) mass is 417 g/mol. The molecule has 1 atom stereocenters. The van der Waals surface area contributed by atoms with E-state index in [1.54, 1.807) is 24.3 Å². The molecule has 0 spiro atoms. The summed E-state index contributed by atoms with van der Waals surface area (Å²) in [6.07, 6.45) is 3.64. The van der Waals surface area contributed by atoms with Crippen molar-refractivity contribution in [1.29, 1.82) is 0 Å². The molecule has 0 bridgehead atoms. The zero-order valence-corrected chi connectivity index (χ0v) is 16.2. The maximum absolute atomic E-state index is 13.0. The minimum Gasteiger partial charge on any atom is -0.490 e. The fraction of sp³-hybridized carbons (Fsp3) is 0.474. The van der Waals surface area contributed by atoms with E-state index < -0.39 is 25.8 Å². The molecule has 1 aromatic rings. The maximum Gasteiger partial charge on any atom is 0.408 e. The molecule has 2 aliphatic rings. The predicted molar refractivity (Wildman–Crippen MR) is 102 cm³/mol.